The molecule has 0 spiro atoms. The quantitative estimate of drug-likeness (QED) is 0.459. The second-order valence-electron chi connectivity index (χ2n) is 8.21. The van der Waals surface area contributed by atoms with Gasteiger partial charge in [-0.2, -0.15) is 13.2 Å². The van der Waals surface area contributed by atoms with Crippen LogP contribution in [-0.4, -0.2) is 59.3 Å². The van der Waals surface area contributed by atoms with Crippen molar-refractivity contribution in [2.45, 2.75) is 12.7 Å². The highest BCUT2D eigenvalue weighted by Gasteiger charge is 2.30. The Morgan fingerprint density at radius 3 is 2.47 bits per heavy atom. The van der Waals surface area contributed by atoms with Gasteiger partial charge in [0.05, 0.1) is 12.1 Å². The van der Waals surface area contributed by atoms with Gasteiger partial charge in [-0.05, 0) is 42.0 Å². The summed E-state index contributed by atoms with van der Waals surface area (Å²) in [6.07, 6.45) is -4.43. The van der Waals surface area contributed by atoms with Crippen molar-refractivity contribution in [1.82, 2.24) is 20.1 Å². The van der Waals surface area contributed by atoms with E-state index in [1.54, 1.807) is 22.4 Å². The first kappa shape index (κ1) is 25.9. The van der Waals surface area contributed by atoms with Crippen LogP contribution < -0.4 is 10.6 Å². The zero-order valence-corrected chi connectivity index (χ0v) is 20.6. The SMILES string of the molecule is O=C(CN1CCN(C(=O)c2csc(Nc3ccc(Cl)cc3)n2)CC1)NCc1cccc(C(F)(F)F)c1. The van der Waals surface area contributed by atoms with Crippen LogP contribution in [0.15, 0.2) is 53.9 Å². The van der Waals surface area contributed by atoms with Crippen molar-refractivity contribution in [3.05, 3.63) is 75.8 Å². The normalized spacial score (nSPS) is 14.5. The van der Waals surface area contributed by atoms with E-state index < -0.39 is 11.7 Å². The van der Waals surface area contributed by atoms with E-state index >= 15 is 0 Å². The largest absolute Gasteiger partial charge is 0.416 e. The Morgan fingerprint density at radius 2 is 1.78 bits per heavy atom. The standard InChI is InChI=1S/C24H23ClF3N5O2S/c25-18-4-6-19(7-5-18)30-23-31-20(15-36-23)22(35)33-10-8-32(9-11-33)14-21(34)29-13-16-2-1-3-17(12-16)24(26,27)28/h1-7,12,15H,8-11,13-14H2,(H,29,34)(H,30,31). The summed E-state index contributed by atoms with van der Waals surface area (Å²) in [5.74, 6) is -0.464. The Hall–Kier alpha value is -3.15. The van der Waals surface area contributed by atoms with Crippen molar-refractivity contribution in [3.63, 3.8) is 0 Å². The lowest BCUT2D eigenvalue weighted by atomic mass is 10.1. The number of hydrogen-bond donors (Lipinski definition) is 2. The zero-order valence-electron chi connectivity index (χ0n) is 19.0. The second kappa shape index (κ2) is 11.3. The van der Waals surface area contributed by atoms with E-state index in [-0.39, 0.29) is 24.9 Å². The summed E-state index contributed by atoms with van der Waals surface area (Å²) in [6, 6.07) is 12.0. The number of halogens is 4. The Kier molecular flexibility index (Phi) is 8.12. The molecule has 1 saturated heterocycles. The number of alkyl halides is 3. The van der Waals surface area contributed by atoms with Gasteiger partial charge in [-0.25, -0.2) is 4.98 Å². The van der Waals surface area contributed by atoms with Crippen LogP contribution in [0.4, 0.5) is 24.0 Å². The van der Waals surface area contributed by atoms with Crippen molar-refractivity contribution in [2.24, 2.45) is 0 Å². The number of piperazine rings is 1. The minimum Gasteiger partial charge on any atom is -0.351 e. The number of anilines is 2. The molecule has 1 aliphatic rings. The summed E-state index contributed by atoms with van der Waals surface area (Å²) in [6.45, 7) is 2.00. The second-order valence-corrected chi connectivity index (χ2v) is 9.51. The molecular formula is C24H23ClF3N5O2S. The first-order valence-corrected chi connectivity index (χ1v) is 12.4. The Bertz CT molecular complexity index is 1210. The number of amides is 2. The molecule has 2 heterocycles. The van der Waals surface area contributed by atoms with Crippen molar-refractivity contribution < 1.29 is 22.8 Å². The van der Waals surface area contributed by atoms with Crippen LogP contribution in [0.5, 0.6) is 0 Å². The predicted octanol–water partition coefficient (Wildman–Crippen LogP) is 4.63. The molecule has 36 heavy (non-hydrogen) atoms. The molecule has 3 aromatic rings. The van der Waals surface area contributed by atoms with Crippen LogP contribution >= 0.6 is 22.9 Å². The molecule has 2 amide bonds. The number of benzene rings is 2. The molecule has 1 aliphatic heterocycles. The van der Waals surface area contributed by atoms with E-state index in [4.69, 9.17) is 11.6 Å². The number of thiazole rings is 1. The molecule has 0 radical (unpaired) electrons. The van der Waals surface area contributed by atoms with Gasteiger partial charge in [0.2, 0.25) is 5.91 Å². The van der Waals surface area contributed by atoms with Crippen molar-refractivity contribution in [2.75, 3.05) is 38.0 Å². The van der Waals surface area contributed by atoms with Crippen LogP contribution in [0.25, 0.3) is 0 Å². The zero-order chi connectivity index (χ0) is 25.7. The fraction of sp³-hybridized carbons (Fsp3) is 0.292. The number of hydrogen-bond acceptors (Lipinski definition) is 6. The fourth-order valence-electron chi connectivity index (χ4n) is 3.67. The minimum absolute atomic E-state index is 0.0113. The third-order valence-corrected chi connectivity index (χ3v) is 6.60. The molecule has 0 saturated carbocycles. The lowest BCUT2D eigenvalue weighted by molar-refractivity contribution is -0.137. The average Bonchev–Trinajstić information content (AvgIpc) is 3.32. The monoisotopic (exact) mass is 537 g/mol. The van der Waals surface area contributed by atoms with Crippen molar-refractivity contribution in [1.29, 1.82) is 0 Å². The molecule has 1 fully saturated rings. The van der Waals surface area contributed by atoms with E-state index in [0.717, 1.165) is 17.8 Å². The Morgan fingerprint density at radius 1 is 1.06 bits per heavy atom. The highest BCUT2D eigenvalue weighted by molar-refractivity contribution is 7.14. The lowest BCUT2D eigenvalue weighted by Gasteiger charge is -2.33. The van der Waals surface area contributed by atoms with Gasteiger partial charge in [-0.1, -0.05) is 23.7 Å². The molecule has 1 aromatic heterocycles. The number of rotatable bonds is 7. The minimum atomic E-state index is -4.43. The van der Waals surface area contributed by atoms with Gasteiger partial charge < -0.3 is 15.5 Å². The molecule has 0 unspecified atom stereocenters. The summed E-state index contributed by atoms with van der Waals surface area (Å²) in [5, 5.41) is 8.73. The van der Waals surface area contributed by atoms with Gasteiger partial charge in [0.15, 0.2) is 5.13 Å². The first-order valence-electron chi connectivity index (χ1n) is 11.1. The number of nitrogens with one attached hydrogen (secondary N) is 2. The smallest absolute Gasteiger partial charge is 0.351 e. The topological polar surface area (TPSA) is 77.6 Å². The number of aromatic nitrogens is 1. The van der Waals surface area contributed by atoms with E-state index in [0.29, 0.717) is 47.6 Å². The van der Waals surface area contributed by atoms with Crippen LogP contribution in [0.3, 0.4) is 0 Å². The van der Waals surface area contributed by atoms with E-state index in [2.05, 4.69) is 15.6 Å². The van der Waals surface area contributed by atoms with E-state index in [1.165, 1.54) is 23.5 Å². The van der Waals surface area contributed by atoms with Crippen LogP contribution in [0.1, 0.15) is 21.6 Å². The average molecular weight is 538 g/mol. The fourth-order valence-corrected chi connectivity index (χ4v) is 4.51. The number of carbonyl (C=O) groups is 2. The molecule has 0 atom stereocenters. The van der Waals surface area contributed by atoms with Crippen LogP contribution in [0.2, 0.25) is 5.02 Å². The summed E-state index contributed by atoms with van der Waals surface area (Å²) in [7, 11) is 0. The maximum Gasteiger partial charge on any atom is 0.416 e. The molecular weight excluding hydrogens is 515 g/mol. The number of nitrogens with zero attached hydrogens (tertiary/aromatic N) is 3. The Balaban J connectivity index is 1.22. The molecule has 0 aliphatic carbocycles. The van der Waals surface area contributed by atoms with Gasteiger partial charge in [0.1, 0.15) is 5.69 Å². The maximum absolute atomic E-state index is 12.8. The van der Waals surface area contributed by atoms with Crippen LogP contribution in [0, 0.1) is 0 Å². The third-order valence-electron chi connectivity index (χ3n) is 5.59. The van der Waals surface area contributed by atoms with E-state index in [9.17, 15) is 22.8 Å². The molecule has 7 nitrogen and oxygen atoms in total. The van der Waals surface area contributed by atoms with E-state index in [1.807, 2.05) is 17.0 Å². The highest BCUT2D eigenvalue weighted by Crippen LogP contribution is 2.29. The number of carbonyl (C=O) groups excluding carboxylic acids is 2. The molecule has 2 aromatic carbocycles. The predicted molar refractivity (Wildman–Crippen MR) is 132 cm³/mol. The Labute approximate surface area is 214 Å². The van der Waals surface area contributed by atoms with Gasteiger partial charge >= 0.3 is 6.18 Å². The molecule has 12 heteroatoms. The maximum atomic E-state index is 12.8. The molecule has 0 bridgehead atoms. The molecule has 2 N–H and O–H groups in total. The summed E-state index contributed by atoms with van der Waals surface area (Å²) in [4.78, 5) is 33.1. The summed E-state index contributed by atoms with van der Waals surface area (Å²) >= 11 is 7.22. The summed E-state index contributed by atoms with van der Waals surface area (Å²) < 4.78 is 38.5. The van der Waals surface area contributed by atoms with Crippen molar-refractivity contribution in [3.8, 4) is 0 Å². The van der Waals surface area contributed by atoms with Gasteiger partial charge in [0.25, 0.3) is 5.91 Å². The highest BCUT2D eigenvalue weighted by atomic mass is 35.5. The van der Waals surface area contributed by atoms with Gasteiger partial charge in [-0.15, -0.1) is 11.3 Å². The van der Waals surface area contributed by atoms with Crippen molar-refractivity contribution >= 4 is 45.6 Å². The lowest BCUT2D eigenvalue weighted by Crippen LogP contribution is -2.51. The summed E-state index contributed by atoms with van der Waals surface area (Å²) in [5.41, 5.74) is 0.793. The third kappa shape index (κ3) is 6.96. The van der Waals surface area contributed by atoms with Gasteiger partial charge in [-0.3, -0.25) is 14.5 Å². The first-order chi connectivity index (χ1) is 17.2. The molecule has 190 valence electrons. The van der Waals surface area contributed by atoms with Crippen LogP contribution in [-0.2, 0) is 17.5 Å². The molecule has 4 rings (SSSR count). The van der Waals surface area contributed by atoms with Gasteiger partial charge in [0, 0.05) is 48.8 Å².